The molecular formula is C41H67N5O3. The molecule has 0 radical (unpaired) electrons. The van der Waals surface area contributed by atoms with Gasteiger partial charge in [0.05, 0.1) is 12.1 Å². The van der Waals surface area contributed by atoms with Gasteiger partial charge in [0.2, 0.25) is 5.91 Å². The summed E-state index contributed by atoms with van der Waals surface area (Å²) in [6.07, 6.45) is 5.61. The summed E-state index contributed by atoms with van der Waals surface area (Å²) in [6, 6.07) is 13.3. The molecule has 3 aliphatic carbocycles. The molecule has 1 amide bonds. The fourth-order valence-corrected chi connectivity index (χ4v) is 9.94. The first-order valence-electron chi connectivity index (χ1n) is 19.1. The predicted octanol–water partition coefficient (Wildman–Crippen LogP) is 5.37. The molecule has 1 aromatic carbocycles. The largest absolute Gasteiger partial charge is 0.396 e. The topological polar surface area (TPSA) is 84.2 Å². The Morgan fingerprint density at radius 2 is 1.82 bits per heavy atom. The van der Waals surface area contributed by atoms with E-state index in [1.807, 2.05) is 0 Å². The van der Waals surface area contributed by atoms with Gasteiger partial charge in [0.15, 0.2) is 0 Å². The second-order valence-electron chi connectivity index (χ2n) is 17.4. The maximum Gasteiger partial charge on any atom is 0.237 e. The van der Waals surface area contributed by atoms with Crippen LogP contribution in [0, 0.1) is 40.9 Å². The number of hydrogen-bond acceptors (Lipinski definition) is 6. The molecule has 3 N–H and O–H groups in total. The highest BCUT2D eigenvalue weighted by Gasteiger charge is 2.57. The van der Waals surface area contributed by atoms with Crippen LogP contribution in [0.25, 0.3) is 0 Å². The number of piperidine rings is 1. The van der Waals surface area contributed by atoms with E-state index in [4.69, 9.17) is 0 Å². The Bertz CT molecular complexity index is 1360. The zero-order valence-electron chi connectivity index (χ0n) is 32.0. The Hall–Kier alpha value is -2.23. The van der Waals surface area contributed by atoms with E-state index in [9.17, 15) is 15.0 Å². The molecule has 3 saturated carbocycles. The molecule has 6 rings (SSSR count). The van der Waals surface area contributed by atoms with E-state index in [-0.39, 0.29) is 30.4 Å². The molecule has 1 aromatic heterocycles. The van der Waals surface area contributed by atoms with Crippen molar-refractivity contribution < 1.29 is 15.0 Å². The number of benzene rings is 1. The number of likely N-dealkylation sites (tertiary alicyclic amines) is 1. The highest BCUT2D eigenvalue weighted by molar-refractivity contribution is 5.82. The third kappa shape index (κ3) is 8.64. The van der Waals surface area contributed by atoms with Crippen LogP contribution in [0.15, 0.2) is 42.6 Å². The number of nitrogens with zero attached hydrogens (tertiary/aromatic N) is 4. The van der Waals surface area contributed by atoms with Gasteiger partial charge in [0, 0.05) is 69.7 Å². The summed E-state index contributed by atoms with van der Waals surface area (Å²) in [6.45, 7) is 17.6. The molecule has 0 unspecified atom stereocenters. The van der Waals surface area contributed by atoms with Gasteiger partial charge in [-0.3, -0.25) is 14.6 Å². The van der Waals surface area contributed by atoms with E-state index in [2.05, 4.69) is 123 Å². The minimum Gasteiger partial charge on any atom is -0.396 e. The standard InChI is InChI=1S/C41H67N5O3/c1-27(2)18-35(24-43(7)8)46(25-34-14-11-16-44(34)9)23-31-13-10-12-30(19-31)22-45-17-15-32(26-47)38(29(4)48)39(45)40(49)42-37-21-33-20-36(28(37)3)41(33,5)6/h10-14,16,19,27-29,32-33,35-39,47-48H,15,17-18,20-26H2,1-9H3,(H,42,49)/t28-,29-,32-,33+,35-,36-,37-,38+,39-/m0/s1. The lowest BCUT2D eigenvalue weighted by molar-refractivity contribution is -0.145. The number of likely N-dealkylation sites (N-methyl/N-ethyl adjacent to an activating group) is 1. The number of rotatable bonds is 15. The third-order valence-electron chi connectivity index (χ3n) is 12.8. The molecule has 2 aromatic rings. The zero-order chi connectivity index (χ0) is 35.6. The number of aliphatic hydroxyl groups excluding tert-OH is 2. The summed E-state index contributed by atoms with van der Waals surface area (Å²) in [4.78, 5) is 21.6. The predicted molar refractivity (Wildman–Crippen MR) is 199 cm³/mol. The molecule has 274 valence electrons. The SMILES string of the molecule is CC(C)C[C@@H](CN(C)C)N(Cc1cccc(CN2CC[C@@H](CO)[C@@H]([C@H](C)O)[C@H]2C(=O)N[C@H]2C[C@H]3C[C@@H]([C@@H]2C)C3(C)C)c1)Cc1cccn1C. The highest BCUT2D eigenvalue weighted by Crippen LogP contribution is 2.61. The summed E-state index contributed by atoms with van der Waals surface area (Å²) < 4.78 is 2.23. The normalized spacial score (nSPS) is 29.6. The second-order valence-corrected chi connectivity index (χ2v) is 17.4. The van der Waals surface area contributed by atoms with Crippen LogP contribution < -0.4 is 5.32 Å². The molecule has 8 nitrogen and oxygen atoms in total. The van der Waals surface area contributed by atoms with Gasteiger partial charge in [0.25, 0.3) is 0 Å². The van der Waals surface area contributed by atoms with Crippen LogP contribution in [-0.2, 0) is 31.5 Å². The summed E-state index contributed by atoms with van der Waals surface area (Å²) in [5.74, 6) is 1.91. The van der Waals surface area contributed by atoms with Crippen molar-refractivity contribution in [2.45, 2.75) is 111 Å². The number of fused-ring (bicyclic) bond motifs is 2. The van der Waals surface area contributed by atoms with Crippen molar-refractivity contribution in [2.75, 3.05) is 33.8 Å². The van der Waals surface area contributed by atoms with Gasteiger partial charge in [-0.1, -0.05) is 58.9 Å². The Labute approximate surface area is 297 Å². The summed E-state index contributed by atoms with van der Waals surface area (Å²) in [5, 5.41) is 24.9. The molecule has 4 fully saturated rings. The first-order valence-corrected chi connectivity index (χ1v) is 19.1. The molecule has 49 heavy (non-hydrogen) atoms. The zero-order valence-corrected chi connectivity index (χ0v) is 32.0. The van der Waals surface area contributed by atoms with E-state index in [1.165, 1.54) is 23.2 Å². The minimum absolute atomic E-state index is 0.0116. The van der Waals surface area contributed by atoms with Crippen molar-refractivity contribution in [2.24, 2.45) is 48.0 Å². The monoisotopic (exact) mass is 678 g/mol. The van der Waals surface area contributed by atoms with Gasteiger partial charge < -0.3 is 25.0 Å². The number of amides is 1. The highest BCUT2D eigenvalue weighted by atomic mass is 16.3. The molecule has 9 atom stereocenters. The molecular weight excluding hydrogens is 610 g/mol. The van der Waals surface area contributed by atoms with Crippen molar-refractivity contribution in [3.63, 3.8) is 0 Å². The molecule has 4 aliphatic rings. The third-order valence-corrected chi connectivity index (χ3v) is 12.8. The van der Waals surface area contributed by atoms with Crippen molar-refractivity contribution in [3.05, 3.63) is 59.4 Å². The van der Waals surface area contributed by atoms with E-state index in [1.54, 1.807) is 6.92 Å². The van der Waals surface area contributed by atoms with E-state index in [0.29, 0.717) is 48.2 Å². The Morgan fingerprint density at radius 3 is 2.41 bits per heavy atom. The van der Waals surface area contributed by atoms with Gasteiger partial charge in [0.1, 0.15) is 0 Å². The quantitative estimate of drug-likeness (QED) is 0.235. The minimum atomic E-state index is -0.696. The van der Waals surface area contributed by atoms with Crippen LogP contribution in [0.5, 0.6) is 0 Å². The van der Waals surface area contributed by atoms with Gasteiger partial charge in [-0.05, 0) is 112 Å². The average Bonchev–Trinajstić information content (AvgIpc) is 3.44. The van der Waals surface area contributed by atoms with Crippen LogP contribution in [0.4, 0.5) is 0 Å². The summed E-state index contributed by atoms with van der Waals surface area (Å²) in [7, 11) is 6.46. The fourth-order valence-electron chi connectivity index (χ4n) is 9.94. The van der Waals surface area contributed by atoms with Gasteiger partial charge in [-0.2, -0.15) is 0 Å². The molecule has 0 spiro atoms. The molecule has 2 bridgehead atoms. The number of nitrogens with one attached hydrogen (secondary N) is 1. The number of carbonyl (C=O) groups excluding carboxylic acids is 1. The van der Waals surface area contributed by atoms with Gasteiger partial charge in [-0.25, -0.2) is 0 Å². The summed E-state index contributed by atoms with van der Waals surface area (Å²) in [5.41, 5.74) is 4.12. The van der Waals surface area contributed by atoms with Crippen molar-refractivity contribution in [3.8, 4) is 0 Å². The van der Waals surface area contributed by atoms with E-state index >= 15 is 0 Å². The Morgan fingerprint density at radius 1 is 1.08 bits per heavy atom. The van der Waals surface area contributed by atoms with Crippen molar-refractivity contribution in [1.82, 2.24) is 24.6 Å². The molecule has 2 heterocycles. The molecule has 1 saturated heterocycles. The molecule has 8 heteroatoms. The number of aromatic nitrogens is 1. The lowest BCUT2D eigenvalue weighted by Crippen LogP contribution is -2.64. The van der Waals surface area contributed by atoms with E-state index < -0.39 is 12.1 Å². The van der Waals surface area contributed by atoms with Crippen LogP contribution in [0.2, 0.25) is 0 Å². The number of hydrogen-bond donors (Lipinski definition) is 3. The van der Waals surface area contributed by atoms with Crippen LogP contribution >= 0.6 is 0 Å². The Kier molecular flexibility index (Phi) is 12.4. The maximum absolute atomic E-state index is 14.4. The number of aryl methyl sites for hydroxylation is 1. The van der Waals surface area contributed by atoms with Crippen LogP contribution in [0.1, 0.15) is 84.0 Å². The van der Waals surface area contributed by atoms with Crippen LogP contribution in [-0.4, -0.2) is 93.4 Å². The van der Waals surface area contributed by atoms with E-state index in [0.717, 1.165) is 38.9 Å². The number of carbonyl (C=O) groups is 1. The van der Waals surface area contributed by atoms with Crippen LogP contribution in [0.3, 0.4) is 0 Å². The lowest BCUT2D eigenvalue weighted by atomic mass is 9.44. The molecule has 1 aliphatic heterocycles. The smallest absolute Gasteiger partial charge is 0.237 e. The Balaban J connectivity index is 1.37. The fraction of sp³-hybridized carbons (Fsp3) is 0.732. The lowest BCUT2D eigenvalue weighted by Gasteiger charge is -2.62. The maximum atomic E-state index is 14.4. The second kappa shape index (κ2) is 16.0. The summed E-state index contributed by atoms with van der Waals surface area (Å²) >= 11 is 0. The van der Waals surface area contributed by atoms with Crippen molar-refractivity contribution in [1.29, 1.82) is 0 Å². The average molecular weight is 678 g/mol. The van der Waals surface area contributed by atoms with Crippen molar-refractivity contribution >= 4 is 5.91 Å². The van der Waals surface area contributed by atoms with Gasteiger partial charge >= 0.3 is 0 Å². The first-order chi connectivity index (χ1) is 23.2. The van der Waals surface area contributed by atoms with Gasteiger partial charge in [-0.15, -0.1) is 0 Å². The first kappa shape index (κ1) is 38.0. The number of aliphatic hydroxyl groups is 2.